The average Bonchev–Trinajstić information content (AvgIpc) is 2.72. The molecule has 1 atom stereocenters. The third-order valence-corrected chi connectivity index (χ3v) is 5.58. The van der Waals surface area contributed by atoms with Crippen LogP contribution in [0.15, 0.2) is 48.5 Å². The van der Waals surface area contributed by atoms with Crippen LogP contribution in [-0.4, -0.2) is 23.5 Å². The zero-order valence-electron chi connectivity index (χ0n) is 16.7. The van der Waals surface area contributed by atoms with Gasteiger partial charge in [-0.3, -0.25) is 9.78 Å². The molecule has 4 rings (SSSR count). The summed E-state index contributed by atoms with van der Waals surface area (Å²) in [5.74, 6) is -0.804. The van der Waals surface area contributed by atoms with E-state index in [-0.39, 0.29) is 18.6 Å². The maximum Gasteiger partial charge on any atom is 0.340 e. The first-order valence-electron chi connectivity index (χ1n) is 9.95. The van der Waals surface area contributed by atoms with Gasteiger partial charge in [-0.2, -0.15) is 0 Å². The van der Waals surface area contributed by atoms with Crippen molar-refractivity contribution in [1.29, 1.82) is 0 Å². The Morgan fingerprint density at radius 2 is 1.86 bits per heavy atom. The van der Waals surface area contributed by atoms with Crippen LogP contribution in [0, 0.1) is 13.8 Å². The number of aryl methyl sites for hydroxylation is 3. The number of nitrogens with zero attached hydrogens (tertiary/aromatic N) is 1. The number of fused-ring (bicyclic) bond motifs is 2. The zero-order chi connectivity index (χ0) is 20.4. The minimum atomic E-state index is -0.516. The standard InChI is InChI=1S/C24H24N2O3/c1-15-18-10-5-6-12-20(18)25-16(2)23(15)24(28)29-14-22(27)26-21-13-7-9-17-8-3-4-11-19(17)21/h3-6,8,10-12,21H,7,9,13-14H2,1-2H3,(H,26,27)/t21-/m1/s1. The molecule has 0 radical (unpaired) electrons. The molecule has 5 heteroatoms. The molecule has 0 aliphatic heterocycles. The summed E-state index contributed by atoms with van der Waals surface area (Å²) < 4.78 is 5.34. The molecule has 0 saturated heterocycles. The quantitative estimate of drug-likeness (QED) is 0.680. The molecule has 0 spiro atoms. The lowest BCUT2D eigenvalue weighted by Crippen LogP contribution is -2.34. The van der Waals surface area contributed by atoms with E-state index in [1.807, 2.05) is 43.3 Å². The first-order chi connectivity index (χ1) is 14.0. The molecule has 1 heterocycles. The van der Waals surface area contributed by atoms with Gasteiger partial charge in [-0.1, -0.05) is 42.5 Å². The van der Waals surface area contributed by atoms with Gasteiger partial charge in [0.1, 0.15) is 0 Å². The van der Waals surface area contributed by atoms with Crippen LogP contribution in [0.3, 0.4) is 0 Å². The topological polar surface area (TPSA) is 68.3 Å². The summed E-state index contributed by atoms with van der Waals surface area (Å²) in [5, 5.41) is 3.92. The lowest BCUT2D eigenvalue weighted by molar-refractivity contribution is -0.125. The van der Waals surface area contributed by atoms with E-state index in [9.17, 15) is 9.59 Å². The smallest absolute Gasteiger partial charge is 0.340 e. The van der Waals surface area contributed by atoms with Crippen molar-refractivity contribution in [2.24, 2.45) is 0 Å². The number of hydrogen-bond donors (Lipinski definition) is 1. The monoisotopic (exact) mass is 388 g/mol. The van der Waals surface area contributed by atoms with Crippen LogP contribution in [0.2, 0.25) is 0 Å². The molecule has 1 aromatic heterocycles. The molecule has 1 N–H and O–H groups in total. The Kier molecular flexibility index (Phi) is 5.30. The second kappa shape index (κ2) is 8.03. The first-order valence-corrected chi connectivity index (χ1v) is 9.95. The summed E-state index contributed by atoms with van der Waals surface area (Å²) >= 11 is 0. The number of pyridine rings is 1. The molecule has 0 fully saturated rings. The van der Waals surface area contributed by atoms with Crippen molar-refractivity contribution in [2.45, 2.75) is 39.2 Å². The minimum Gasteiger partial charge on any atom is -0.452 e. The molecule has 2 aromatic carbocycles. The SMILES string of the molecule is Cc1nc2ccccc2c(C)c1C(=O)OCC(=O)N[C@@H]1CCCc2ccccc21. The summed E-state index contributed by atoms with van der Waals surface area (Å²) in [6.07, 6.45) is 2.96. The molecule has 29 heavy (non-hydrogen) atoms. The number of para-hydroxylation sites is 1. The minimum absolute atomic E-state index is 0.0306. The number of ether oxygens (including phenoxy) is 1. The highest BCUT2D eigenvalue weighted by Crippen LogP contribution is 2.29. The van der Waals surface area contributed by atoms with E-state index in [2.05, 4.69) is 22.4 Å². The van der Waals surface area contributed by atoms with Gasteiger partial charge in [0.2, 0.25) is 0 Å². The van der Waals surface area contributed by atoms with E-state index < -0.39 is 5.97 Å². The number of nitrogens with one attached hydrogen (secondary N) is 1. The maximum absolute atomic E-state index is 12.7. The number of carbonyl (C=O) groups is 2. The van der Waals surface area contributed by atoms with Gasteiger partial charge in [0.25, 0.3) is 5.91 Å². The summed E-state index contributed by atoms with van der Waals surface area (Å²) in [5.41, 5.74) is 5.12. The lowest BCUT2D eigenvalue weighted by Gasteiger charge is -2.26. The largest absolute Gasteiger partial charge is 0.452 e. The van der Waals surface area contributed by atoms with Crippen molar-refractivity contribution in [3.05, 3.63) is 76.5 Å². The van der Waals surface area contributed by atoms with Crippen LogP contribution >= 0.6 is 0 Å². The second-order valence-corrected chi connectivity index (χ2v) is 7.50. The Labute approximate surface area is 170 Å². The molecular formula is C24H24N2O3. The molecule has 1 amide bonds. The first kappa shape index (κ1) is 19.1. The number of rotatable bonds is 4. The molecule has 1 aliphatic carbocycles. The van der Waals surface area contributed by atoms with Crippen LogP contribution in [-0.2, 0) is 16.0 Å². The molecule has 5 nitrogen and oxygen atoms in total. The number of benzene rings is 2. The molecular weight excluding hydrogens is 364 g/mol. The van der Waals surface area contributed by atoms with Crippen molar-refractivity contribution in [3.8, 4) is 0 Å². The van der Waals surface area contributed by atoms with Gasteiger partial charge in [-0.05, 0) is 55.9 Å². The number of esters is 1. The molecule has 148 valence electrons. The van der Waals surface area contributed by atoms with Crippen molar-refractivity contribution in [1.82, 2.24) is 10.3 Å². The van der Waals surface area contributed by atoms with Gasteiger partial charge in [0.15, 0.2) is 6.61 Å². The summed E-state index contributed by atoms with van der Waals surface area (Å²) in [6, 6.07) is 15.8. The predicted molar refractivity (Wildman–Crippen MR) is 112 cm³/mol. The average molecular weight is 388 g/mol. The van der Waals surface area contributed by atoms with Gasteiger partial charge in [-0.25, -0.2) is 4.79 Å². The van der Waals surface area contributed by atoms with Gasteiger partial charge in [0.05, 0.1) is 22.8 Å². The van der Waals surface area contributed by atoms with Crippen LogP contribution < -0.4 is 5.32 Å². The van der Waals surface area contributed by atoms with Gasteiger partial charge >= 0.3 is 5.97 Å². The predicted octanol–water partition coefficient (Wildman–Crippen LogP) is 4.20. The Morgan fingerprint density at radius 3 is 2.72 bits per heavy atom. The fourth-order valence-electron chi connectivity index (χ4n) is 4.17. The number of carbonyl (C=O) groups excluding carboxylic acids is 2. The van der Waals surface area contributed by atoms with E-state index in [1.165, 1.54) is 5.56 Å². The fourth-order valence-corrected chi connectivity index (χ4v) is 4.17. The van der Waals surface area contributed by atoms with Crippen molar-refractivity contribution < 1.29 is 14.3 Å². The summed E-state index contributed by atoms with van der Waals surface area (Å²) in [6.45, 7) is 3.37. The van der Waals surface area contributed by atoms with E-state index >= 15 is 0 Å². The fraction of sp³-hybridized carbons (Fsp3) is 0.292. The molecule has 0 saturated carbocycles. The van der Waals surface area contributed by atoms with Crippen LogP contribution in [0.25, 0.3) is 10.9 Å². The van der Waals surface area contributed by atoms with Crippen LogP contribution in [0.4, 0.5) is 0 Å². The van der Waals surface area contributed by atoms with E-state index in [0.29, 0.717) is 11.3 Å². The normalized spacial score (nSPS) is 15.6. The third-order valence-electron chi connectivity index (χ3n) is 5.58. The molecule has 0 unspecified atom stereocenters. The second-order valence-electron chi connectivity index (χ2n) is 7.50. The van der Waals surface area contributed by atoms with Gasteiger partial charge in [0, 0.05) is 5.39 Å². The molecule has 0 bridgehead atoms. The highest BCUT2D eigenvalue weighted by atomic mass is 16.5. The maximum atomic E-state index is 12.7. The van der Waals surface area contributed by atoms with E-state index in [0.717, 1.165) is 41.3 Å². The van der Waals surface area contributed by atoms with Crippen molar-refractivity contribution in [2.75, 3.05) is 6.61 Å². The van der Waals surface area contributed by atoms with Crippen LogP contribution in [0.5, 0.6) is 0 Å². The molecule has 3 aromatic rings. The van der Waals surface area contributed by atoms with Gasteiger partial charge in [-0.15, -0.1) is 0 Å². The number of aromatic nitrogens is 1. The van der Waals surface area contributed by atoms with Gasteiger partial charge < -0.3 is 10.1 Å². The van der Waals surface area contributed by atoms with Crippen molar-refractivity contribution >= 4 is 22.8 Å². The Hall–Kier alpha value is -3.21. The Morgan fingerprint density at radius 1 is 1.10 bits per heavy atom. The van der Waals surface area contributed by atoms with E-state index in [1.54, 1.807) is 6.92 Å². The number of hydrogen-bond acceptors (Lipinski definition) is 4. The summed E-state index contributed by atoms with van der Waals surface area (Å²) in [7, 11) is 0. The Balaban J connectivity index is 1.44. The van der Waals surface area contributed by atoms with Crippen molar-refractivity contribution in [3.63, 3.8) is 0 Å². The highest BCUT2D eigenvalue weighted by Gasteiger charge is 2.23. The Bertz CT molecular complexity index is 1090. The third kappa shape index (κ3) is 3.86. The molecule has 1 aliphatic rings. The highest BCUT2D eigenvalue weighted by molar-refractivity contribution is 5.99. The number of amides is 1. The van der Waals surface area contributed by atoms with E-state index in [4.69, 9.17) is 4.74 Å². The zero-order valence-corrected chi connectivity index (χ0v) is 16.7. The summed E-state index contributed by atoms with van der Waals surface area (Å²) in [4.78, 5) is 29.6. The van der Waals surface area contributed by atoms with Crippen LogP contribution in [0.1, 0.15) is 51.6 Å². The lowest BCUT2D eigenvalue weighted by atomic mass is 9.88.